The fourth-order valence-electron chi connectivity index (χ4n) is 1.78. The Balaban J connectivity index is 2.36. The molecule has 0 aliphatic heterocycles. The van der Waals surface area contributed by atoms with E-state index in [1.165, 1.54) is 24.3 Å². The van der Waals surface area contributed by atoms with Crippen molar-refractivity contribution in [2.24, 2.45) is 0 Å². The molecule has 0 aliphatic rings. The highest BCUT2D eigenvalue weighted by molar-refractivity contribution is 9.10. The number of amides is 1. The van der Waals surface area contributed by atoms with Crippen LogP contribution in [0.1, 0.15) is 20.7 Å². The molecule has 2 aromatic carbocycles. The van der Waals surface area contributed by atoms with E-state index >= 15 is 0 Å². The van der Waals surface area contributed by atoms with Gasteiger partial charge < -0.3 is 16.2 Å². The summed E-state index contributed by atoms with van der Waals surface area (Å²) in [5.74, 6) is -2.97. The van der Waals surface area contributed by atoms with Crippen LogP contribution in [-0.4, -0.2) is 17.0 Å². The lowest BCUT2D eigenvalue weighted by Gasteiger charge is -2.10. The lowest BCUT2D eigenvalue weighted by Crippen LogP contribution is -2.16. The molecule has 0 fully saturated rings. The summed E-state index contributed by atoms with van der Waals surface area (Å²) in [5, 5.41) is 11.4. The van der Waals surface area contributed by atoms with E-state index in [-0.39, 0.29) is 11.3 Å². The van der Waals surface area contributed by atoms with Crippen LogP contribution in [0, 0.1) is 5.82 Å². The number of benzene rings is 2. The van der Waals surface area contributed by atoms with Gasteiger partial charge >= 0.3 is 5.97 Å². The molecule has 0 heterocycles. The molecule has 2 aromatic rings. The van der Waals surface area contributed by atoms with E-state index in [4.69, 9.17) is 10.8 Å². The molecule has 2 rings (SSSR count). The predicted molar refractivity (Wildman–Crippen MR) is 79.9 cm³/mol. The van der Waals surface area contributed by atoms with Gasteiger partial charge in [-0.3, -0.25) is 4.79 Å². The molecule has 0 aliphatic carbocycles. The Bertz CT molecular complexity index is 714. The van der Waals surface area contributed by atoms with Crippen molar-refractivity contribution in [2.45, 2.75) is 0 Å². The van der Waals surface area contributed by atoms with Gasteiger partial charge in [-0.15, -0.1) is 0 Å². The molecule has 0 spiro atoms. The molecule has 0 atom stereocenters. The second-order valence-corrected chi connectivity index (χ2v) is 5.11. The van der Waals surface area contributed by atoms with Crippen LogP contribution in [0.4, 0.5) is 15.8 Å². The van der Waals surface area contributed by atoms with Crippen molar-refractivity contribution in [3.8, 4) is 0 Å². The number of carbonyl (C=O) groups excluding carboxylic acids is 1. The summed E-state index contributed by atoms with van der Waals surface area (Å²) in [6.07, 6.45) is 0. The molecule has 4 N–H and O–H groups in total. The standard InChI is InChI=1S/C14H10BrFN2O3/c15-8-4-7(5-9(17)6-8)13(19)18-11-3-1-2-10(16)12(11)14(20)21/h1-6H,17H2,(H,18,19)(H,20,21). The molecular formula is C14H10BrFN2O3. The molecule has 0 aromatic heterocycles. The first-order valence-corrected chi connectivity index (χ1v) is 6.57. The van der Waals surface area contributed by atoms with Crippen molar-refractivity contribution in [1.29, 1.82) is 0 Å². The Labute approximate surface area is 127 Å². The minimum absolute atomic E-state index is 0.119. The third-order valence-corrected chi connectivity index (χ3v) is 3.12. The number of carboxylic acids is 1. The number of nitrogens with one attached hydrogen (secondary N) is 1. The van der Waals surface area contributed by atoms with Crippen molar-refractivity contribution >= 4 is 39.2 Å². The van der Waals surface area contributed by atoms with Crippen molar-refractivity contribution in [3.05, 3.63) is 57.8 Å². The fourth-order valence-corrected chi connectivity index (χ4v) is 2.29. The molecule has 108 valence electrons. The molecule has 0 unspecified atom stereocenters. The number of carbonyl (C=O) groups is 2. The number of rotatable bonds is 3. The summed E-state index contributed by atoms with van der Waals surface area (Å²) in [7, 11) is 0. The number of hydrogen-bond acceptors (Lipinski definition) is 3. The SMILES string of the molecule is Nc1cc(Br)cc(C(=O)Nc2cccc(F)c2C(=O)O)c1. The van der Waals surface area contributed by atoms with Crippen LogP contribution in [0.25, 0.3) is 0 Å². The van der Waals surface area contributed by atoms with E-state index in [2.05, 4.69) is 21.2 Å². The van der Waals surface area contributed by atoms with Crippen LogP contribution in [-0.2, 0) is 0 Å². The molecule has 1 amide bonds. The van der Waals surface area contributed by atoms with Gasteiger partial charge in [-0.1, -0.05) is 22.0 Å². The first-order valence-electron chi connectivity index (χ1n) is 5.77. The molecule has 7 heteroatoms. The van der Waals surface area contributed by atoms with Crippen LogP contribution in [0.15, 0.2) is 40.9 Å². The number of hydrogen-bond donors (Lipinski definition) is 3. The first kappa shape index (κ1) is 15.0. The molecule has 0 bridgehead atoms. The summed E-state index contributed by atoms with van der Waals surface area (Å²) < 4.78 is 14.1. The van der Waals surface area contributed by atoms with E-state index in [0.29, 0.717) is 10.2 Å². The zero-order valence-electron chi connectivity index (χ0n) is 10.6. The van der Waals surface area contributed by atoms with Crippen molar-refractivity contribution in [2.75, 3.05) is 11.1 Å². The fraction of sp³-hybridized carbons (Fsp3) is 0. The van der Waals surface area contributed by atoms with Crippen LogP contribution in [0.2, 0.25) is 0 Å². The van der Waals surface area contributed by atoms with Crippen molar-refractivity contribution < 1.29 is 19.1 Å². The summed E-state index contributed by atoms with van der Waals surface area (Å²) in [4.78, 5) is 23.2. The second kappa shape index (κ2) is 5.92. The second-order valence-electron chi connectivity index (χ2n) is 4.19. The third kappa shape index (κ3) is 3.38. The summed E-state index contributed by atoms with van der Waals surface area (Å²) >= 11 is 3.20. The van der Waals surface area contributed by atoms with E-state index in [0.717, 1.165) is 6.07 Å². The van der Waals surface area contributed by atoms with Crippen LogP contribution in [0.5, 0.6) is 0 Å². The van der Waals surface area contributed by atoms with Gasteiger partial charge in [0.2, 0.25) is 0 Å². The number of halogens is 2. The van der Waals surface area contributed by atoms with Crippen molar-refractivity contribution in [1.82, 2.24) is 0 Å². The van der Waals surface area contributed by atoms with Crippen LogP contribution in [0.3, 0.4) is 0 Å². The topological polar surface area (TPSA) is 92.4 Å². The highest BCUT2D eigenvalue weighted by Gasteiger charge is 2.18. The molecule has 21 heavy (non-hydrogen) atoms. The molecular weight excluding hydrogens is 343 g/mol. The number of nitrogens with two attached hydrogens (primary N) is 1. The highest BCUT2D eigenvalue weighted by Crippen LogP contribution is 2.22. The molecule has 0 saturated heterocycles. The molecule has 0 radical (unpaired) electrons. The Morgan fingerprint density at radius 2 is 1.95 bits per heavy atom. The average Bonchev–Trinajstić information content (AvgIpc) is 2.37. The lowest BCUT2D eigenvalue weighted by atomic mass is 10.1. The quantitative estimate of drug-likeness (QED) is 0.740. The van der Waals surface area contributed by atoms with E-state index < -0.39 is 23.3 Å². The normalized spacial score (nSPS) is 10.2. The maximum atomic E-state index is 13.5. The van der Waals surface area contributed by atoms with E-state index in [1.807, 2.05) is 0 Å². The third-order valence-electron chi connectivity index (χ3n) is 2.66. The van der Waals surface area contributed by atoms with Gasteiger partial charge in [-0.2, -0.15) is 0 Å². The van der Waals surface area contributed by atoms with Crippen molar-refractivity contribution in [3.63, 3.8) is 0 Å². The monoisotopic (exact) mass is 352 g/mol. The Kier molecular flexibility index (Phi) is 4.23. The van der Waals surface area contributed by atoms with Gasteiger partial charge in [0.1, 0.15) is 11.4 Å². The Morgan fingerprint density at radius 1 is 1.24 bits per heavy atom. The Morgan fingerprint density at radius 3 is 2.57 bits per heavy atom. The average molecular weight is 353 g/mol. The first-order chi connectivity index (χ1) is 9.88. The summed E-state index contributed by atoms with van der Waals surface area (Å²) in [6.45, 7) is 0. The lowest BCUT2D eigenvalue weighted by molar-refractivity contribution is 0.0693. The highest BCUT2D eigenvalue weighted by atomic mass is 79.9. The summed E-state index contributed by atoms with van der Waals surface area (Å²) in [5.41, 5.74) is 5.51. The zero-order valence-corrected chi connectivity index (χ0v) is 12.1. The van der Waals surface area contributed by atoms with Gasteiger partial charge in [0, 0.05) is 15.7 Å². The number of carboxylic acid groups (broad SMARTS) is 1. The minimum atomic E-state index is -1.46. The number of aromatic carboxylic acids is 1. The maximum Gasteiger partial charge on any atom is 0.340 e. The van der Waals surface area contributed by atoms with Gasteiger partial charge in [0.15, 0.2) is 0 Å². The van der Waals surface area contributed by atoms with E-state index in [1.54, 1.807) is 6.07 Å². The Hall–Kier alpha value is -2.41. The number of nitrogen functional groups attached to an aromatic ring is 1. The maximum absolute atomic E-state index is 13.5. The number of anilines is 2. The summed E-state index contributed by atoms with van der Waals surface area (Å²) in [6, 6.07) is 8.20. The largest absolute Gasteiger partial charge is 0.478 e. The molecule has 5 nitrogen and oxygen atoms in total. The van der Waals surface area contributed by atoms with E-state index in [9.17, 15) is 14.0 Å². The zero-order chi connectivity index (χ0) is 15.6. The van der Waals surface area contributed by atoms with Crippen LogP contribution >= 0.6 is 15.9 Å². The minimum Gasteiger partial charge on any atom is -0.478 e. The van der Waals surface area contributed by atoms with Gasteiger partial charge in [0.05, 0.1) is 5.69 Å². The van der Waals surface area contributed by atoms with Gasteiger partial charge in [0.25, 0.3) is 5.91 Å². The molecule has 0 saturated carbocycles. The van der Waals surface area contributed by atoms with Crippen LogP contribution < -0.4 is 11.1 Å². The van der Waals surface area contributed by atoms with Gasteiger partial charge in [-0.25, -0.2) is 9.18 Å². The smallest absolute Gasteiger partial charge is 0.340 e. The van der Waals surface area contributed by atoms with Gasteiger partial charge in [-0.05, 0) is 30.3 Å². The predicted octanol–water partition coefficient (Wildman–Crippen LogP) is 3.12.